The Morgan fingerprint density at radius 2 is 2.11 bits per heavy atom. The van der Waals surface area contributed by atoms with Gasteiger partial charge in [0.2, 0.25) is 0 Å². The average Bonchev–Trinajstić information content (AvgIpc) is 3.07. The standard InChI is InChI=1S/C16H28N2S/c1-13(2)9-17-10-14(3)11-18(15-6-7-15)12-16-5-4-8-19-16/h4-5,8,13-15,17H,6-7,9-12H2,1-3H3. The third-order valence-electron chi connectivity index (χ3n) is 3.59. The molecule has 0 aliphatic heterocycles. The Hall–Kier alpha value is -0.380. The van der Waals surface area contributed by atoms with Gasteiger partial charge in [-0.05, 0) is 49.2 Å². The van der Waals surface area contributed by atoms with Crippen molar-refractivity contribution in [2.45, 2.75) is 46.2 Å². The SMILES string of the molecule is CC(C)CNCC(C)CN(Cc1cccs1)C1CC1. The van der Waals surface area contributed by atoms with Gasteiger partial charge in [0, 0.05) is 24.0 Å². The molecule has 1 aliphatic rings. The predicted molar refractivity (Wildman–Crippen MR) is 84.6 cm³/mol. The largest absolute Gasteiger partial charge is 0.316 e. The molecule has 2 nitrogen and oxygen atoms in total. The monoisotopic (exact) mass is 280 g/mol. The zero-order chi connectivity index (χ0) is 13.7. The molecule has 1 saturated carbocycles. The summed E-state index contributed by atoms with van der Waals surface area (Å²) >= 11 is 1.89. The molecule has 1 unspecified atom stereocenters. The first-order valence-electron chi connectivity index (χ1n) is 7.62. The van der Waals surface area contributed by atoms with Crippen LogP contribution in [0.4, 0.5) is 0 Å². The minimum atomic E-state index is 0.735. The quantitative estimate of drug-likeness (QED) is 0.743. The number of nitrogens with one attached hydrogen (secondary N) is 1. The van der Waals surface area contributed by atoms with E-state index in [0.29, 0.717) is 0 Å². The molecule has 0 bridgehead atoms. The lowest BCUT2D eigenvalue weighted by Crippen LogP contribution is -2.35. The minimum absolute atomic E-state index is 0.735. The second kappa shape index (κ2) is 7.41. The third-order valence-corrected chi connectivity index (χ3v) is 4.46. The molecule has 0 amide bonds. The Morgan fingerprint density at radius 1 is 1.32 bits per heavy atom. The minimum Gasteiger partial charge on any atom is -0.316 e. The van der Waals surface area contributed by atoms with E-state index in [0.717, 1.165) is 37.5 Å². The molecule has 1 N–H and O–H groups in total. The number of hydrogen-bond donors (Lipinski definition) is 1. The van der Waals surface area contributed by atoms with Crippen LogP contribution in [-0.4, -0.2) is 30.6 Å². The van der Waals surface area contributed by atoms with Crippen LogP contribution in [0.15, 0.2) is 17.5 Å². The number of thiophene rings is 1. The molecule has 108 valence electrons. The highest BCUT2D eigenvalue weighted by Gasteiger charge is 2.29. The fraction of sp³-hybridized carbons (Fsp3) is 0.750. The molecule has 1 heterocycles. The Kier molecular flexibility index (Phi) is 5.86. The van der Waals surface area contributed by atoms with E-state index in [-0.39, 0.29) is 0 Å². The summed E-state index contributed by atoms with van der Waals surface area (Å²) in [7, 11) is 0. The Bertz CT molecular complexity index is 344. The predicted octanol–water partition coefficient (Wildman–Crippen LogP) is 3.59. The van der Waals surface area contributed by atoms with Crippen LogP contribution in [0.3, 0.4) is 0 Å². The van der Waals surface area contributed by atoms with Gasteiger partial charge in [-0.3, -0.25) is 4.90 Å². The summed E-state index contributed by atoms with van der Waals surface area (Å²) in [6, 6.07) is 5.29. The van der Waals surface area contributed by atoms with E-state index >= 15 is 0 Å². The van der Waals surface area contributed by atoms with Crippen LogP contribution in [0.1, 0.15) is 38.5 Å². The summed E-state index contributed by atoms with van der Waals surface area (Å²) in [5.74, 6) is 1.48. The lowest BCUT2D eigenvalue weighted by molar-refractivity contribution is 0.218. The van der Waals surface area contributed by atoms with Crippen LogP contribution in [0.2, 0.25) is 0 Å². The molecule has 0 aromatic carbocycles. The molecule has 1 aliphatic carbocycles. The maximum Gasteiger partial charge on any atom is 0.0330 e. The van der Waals surface area contributed by atoms with Crippen LogP contribution in [0.5, 0.6) is 0 Å². The Morgan fingerprint density at radius 3 is 2.68 bits per heavy atom. The highest BCUT2D eigenvalue weighted by atomic mass is 32.1. The second-order valence-electron chi connectivity index (χ2n) is 6.40. The Labute approximate surface area is 122 Å². The molecule has 1 atom stereocenters. The summed E-state index contributed by atoms with van der Waals surface area (Å²) in [5, 5.41) is 5.77. The number of rotatable bonds is 9. The zero-order valence-corrected chi connectivity index (χ0v) is 13.4. The van der Waals surface area contributed by atoms with Crippen molar-refractivity contribution in [3.8, 4) is 0 Å². The fourth-order valence-corrected chi connectivity index (χ4v) is 3.20. The molecule has 2 rings (SSSR count). The van der Waals surface area contributed by atoms with Crippen molar-refractivity contribution in [1.82, 2.24) is 10.2 Å². The summed E-state index contributed by atoms with van der Waals surface area (Å²) in [6.07, 6.45) is 2.80. The van der Waals surface area contributed by atoms with Gasteiger partial charge in [0.05, 0.1) is 0 Å². The molecule has 0 saturated heterocycles. The molecular weight excluding hydrogens is 252 g/mol. The van der Waals surface area contributed by atoms with Crippen LogP contribution in [0, 0.1) is 11.8 Å². The van der Waals surface area contributed by atoms with Crippen molar-refractivity contribution in [2.75, 3.05) is 19.6 Å². The van der Waals surface area contributed by atoms with Gasteiger partial charge in [0.15, 0.2) is 0 Å². The number of hydrogen-bond acceptors (Lipinski definition) is 3. The summed E-state index contributed by atoms with van der Waals surface area (Å²) in [5.41, 5.74) is 0. The molecule has 3 heteroatoms. The average molecular weight is 280 g/mol. The van der Waals surface area contributed by atoms with E-state index in [1.807, 2.05) is 11.3 Å². The van der Waals surface area contributed by atoms with Gasteiger partial charge in [-0.15, -0.1) is 11.3 Å². The molecule has 1 fully saturated rings. The highest BCUT2D eigenvalue weighted by molar-refractivity contribution is 7.09. The van der Waals surface area contributed by atoms with Gasteiger partial charge in [0.25, 0.3) is 0 Å². The van der Waals surface area contributed by atoms with Crippen molar-refractivity contribution in [2.24, 2.45) is 11.8 Å². The van der Waals surface area contributed by atoms with Gasteiger partial charge in [-0.2, -0.15) is 0 Å². The van der Waals surface area contributed by atoms with Gasteiger partial charge < -0.3 is 5.32 Å². The van der Waals surface area contributed by atoms with Crippen molar-refractivity contribution in [1.29, 1.82) is 0 Å². The normalized spacial score (nSPS) is 17.3. The molecular formula is C16H28N2S. The maximum atomic E-state index is 3.58. The van der Waals surface area contributed by atoms with E-state index in [4.69, 9.17) is 0 Å². The van der Waals surface area contributed by atoms with Crippen LogP contribution >= 0.6 is 11.3 Å². The van der Waals surface area contributed by atoms with E-state index < -0.39 is 0 Å². The third kappa shape index (κ3) is 5.64. The first-order valence-corrected chi connectivity index (χ1v) is 8.50. The first-order chi connectivity index (χ1) is 9.15. The van der Waals surface area contributed by atoms with Crippen LogP contribution < -0.4 is 5.32 Å². The van der Waals surface area contributed by atoms with Gasteiger partial charge in [-0.25, -0.2) is 0 Å². The van der Waals surface area contributed by atoms with Crippen LogP contribution in [0.25, 0.3) is 0 Å². The van der Waals surface area contributed by atoms with E-state index in [1.54, 1.807) is 0 Å². The van der Waals surface area contributed by atoms with Crippen LogP contribution in [-0.2, 0) is 6.54 Å². The first kappa shape index (κ1) is 15.0. The Balaban J connectivity index is 1.73. The number of nitrogens with zero attached hydrogens (tertiary/aromatic N) is 1. The summed E-state index contributed by atoms with van der Waals surface area (Å²) in [6.45, 7) is 11.6. The van der Waals surface area contributed by atoms with Crippen molar-refractivity contribution < 1.29 is 0 Å². The molecule has 0 radical (unpaired) electrons. The fourth-order valence-electron chi connectivity index (χ4n) is 2.47. The van der Waals surface area contributed by atoms with Crippen molar-refractivity contribution >= 4 is 11.3 Å². The summed E-state index contributed by atoms with van der Waals surface area (Å²) in [4.78, 5) is 4.20. The van der Waals surface area contributed by atoms with Gasteiger partial charge in [-0.1, -0.05) is 26.8 Å². The van der Waals surface area contributed by atoms with Gasteiger partial charge >= 0.3 is 0 Å². The molecule has 1 aromatic heterocycles. The highest BCUT2D eigenvalue weighted by Crippen LogP contribution is 2.29. The zero-order valence-electron chi connectivity index (χ0n) is 12.6. The topological polar surface area (TPSA) is 15.3 Å². The lowest BCUT2D eigenvalue weighted by atomic mass is 10.1. The second-order valence-corrected chi connectivity index (χ2v) is 7.43. The maximum absolute atomic E-state index is 3.58. The molecule has 19 heavy (non-hydrogen) atoms. The van der Waals surface area contributed by atoms with E-state index in [2.05, 4.69) is 48.5 Å². The van der Waals surface area contributed by atoms with E-state index in [9.17, 15) is 0 Å². The smallest absolute Gasteiger partial charge is 0.0330 e. The summed E-state index contributed by atoms with van der Waals surface area (Å²) < 4.78 is 0. The van der Waals surface area contributed by atoms with Crippen molar-refractivity contribution in [3.63, 3.8) is 0 Å². The van der Waals surface area contributed by atoms with E-state index in [1.165, 1.54) is 24.3 Å². The van der Waals surface area contributed by atoms with Gasteiger partial charge in [0.1, 0.15) is 0 Å². The lowest BCUT2D eigenvalue weighted by Gasteiger charge is -2.25. The molecule has 1 aromatic rings. The van der Waals surface area contributed by atoms with Crippen molar-refractivity contribution in [3.05, 3.63) is 22.4 Å². The molecule has 0 spiro atoms.